The van der Waals surface area contributed by atoms with E-state index in [4.69, 9.17) is 14.2 Å². The van der Waals surface area contributed by atoms with E-state index in [1.54, 1.807) is 19.5 Å². The lowest BCUT2D eigenvalue weighted by atomic mass is 9.93. The first-order chi connectivity index (χ1) is 14.0. The summed E-state index contributed by atoms with van der Waals surface area (Å²) < 4.78 is 16.7. The minimum Gasteiger partial charge on any atom is -0.484 e. The fourth-order valence-corrected chi connectivity index (χ4v) is 3.38. The molecule has 1 amide bonds. The standard InChI is InChI=1S/C22H29N3O4/c1-15(2)16-4-8-18(9-5-16)28-14-20(26)25-17-6-10-19(11-7-17)29-22-21(27-3)23-12-13-24-22/h4-5,8-9,12-13,15,17,19H,6-7,10-11,14H2,1-3H3,(H,25,26). The van der Waals surface area contributed by atoms with Crippen molar-refractivity contribution in [3.05, 3.63) is 42.2 Å². The number of benzene rings is 1. The molecule has 0 unspecified atom stereocenters. The van der Waals surface area contributed by atoms with E-state index in [0.717, 1.165) is 25.7 Å². The number of carbonyl (C=O) groups is 1. The molecule has 0 radical (unpaired) electrons. The van der Waals surface area contributed by atoms with Crippen LogP contribution >= 0.6 is 0 Å². The van der Waals surface area contributed by atoms with Crippen molar-refractivity contribution in [3.8, 4) is 17.5 Å². The highest BCUT2D eigenvalue weighted by molar-refractivity contribution is 5.77. The summed E-state index contributed by atoms with van der Waals surface area (Å²) in [6.07, 6.45) is 6.57. The normalized spacial score (nSPS) is 18.9. The van der Waals surface area contributed by atoms with Gasteiger partial charge >= 0.3 is 0 Å². The van der Waals surface area contributed by atoms with Crippen LogP contribution < -0.4 is 19.5 Å². The van der Waals surface area contributed by atoms with Crippen molar-refractivity contribution in [1.29, 1.82) is 0 Å². The van der Waals surface area contributed by atoms with Crippen molar-refractivity contribution in [2.45, 2.75) is 57.6 Å². The molecule has 1 heterocycles. The van der Waals surface area contributed by atoms with E-state index >= 15 is 0 Å². The first-order valence-corrected chi connectivity index (χ1v) is 10.1. The number of ether oxygens (including phenoxy) is 3. The minimum absolute atomic E-state index is 0.0221. The van der Waals surface area contributed by atoms with Gasteiger partial charge in [-0.15, -0.1) is 0 Å². The smallest absolute Gasteiger partial charge is 0.278 e. The summed E-state index contributed by atoms with van der Waals surface area (Å²) in [7, 11) is 1.55. The quantitative estimate of drug-likeness (QED) is 0.732. The molecule has 0 atom stereocenters. The van der Waals surface area contributed by atoms with Crippen LogP contribution in [0.2, 0.25) is 0 Å². The van der Waals surface area contributed by atoms with Gasteiger partial charge in [0.05, 0.1) is 7.11 Å². The first-order valence-electron chi connectivity index (χ1n) is 10.1. The molecule has 3 rings (SSSR count). The highest BCUT2D eigenvalue weighted by atomic mass is 16.5. The monoisotopic (exact) mass is 399 g/mol. The molecule has 7 heteroatoms. The molecular weight excluding hydrogens is 370 g/mol. The Morgan fingerprint density at radius 2 is 1.72 bits per heavy atom. The largest absolute Gasteiger partial charge is 0.484 e. The molecule has 2 aromatic rings. The third-order valence-corrected chi connectivity index (χ3v) is 5.06. The van der Waals surface area contributed by atoms with Gasteiger partial charge in [0.1, 0.15) is 11.9 Å². The van der Waals surface area contributed by atoms with Crippen LogP contribution in [0.25, 0.3) is 0 Å². The first kappa shape index (κ1) is 20.9. The molecule has 1 fully saturated rings. The lowest BCUT2D eigenvalue weighted by Crippen LogP contribution is -2.41. The van der Waals surface area contributed by atoms with Crippen molar-refractivity contribution in [3.63, 3.8) is 0 Å². The molecule has 1 aliphatic carbocycles. The predicted molar refractivity (Wildman–Crippen MR) is 109 cm³/mol. The molecule has 0 aliphatic heterocycles. The van der Waals surface area contributed by atoms with Crippen LogP contribution in [-0.2, 0) is 4.79 Å². The lowest BCUT2D eigenvalue weighted by Gasteiger charge is -2.29. The summed E-state index contributed by atoms with van der Waals surface area (Å²) >= 11 is 0. The zero-order valence-corrected chi connectivity index (χ0v) is 17.3. The van der Waals surface area contributed by atoms with Crippen LogP contribution in [0, 0.1) is 0 Å². The summed E-state index contributed by atoms with van der Waals surface area (Å²) in [5.74, 6) is 1.89. The van der Waals surface area contributed by atoms with Crippen molar-refractivity contribution >= 4 is 5.91 Å². The van der Waals surface area contributed by atoms with Gasteiger partial charge in [-0.1, -0.05) is 26.0 Å². The third-order valence-electron chi connectivity index (χ3n) is 5.06. The number of methoxy groups -OCH3 is 1. The summed E-state index contributed by atoms with van der Waals surface area (Å²) in [6, 6.07) is 8.02. The number of hydrogen-bond acceptors (Lipinski definition) is 6. The summed E-state index contributed by atoms with van der Waals surface area (Å²) in [5.41, 5.74) is 1.25. The number of aromatic nitrogens is 2. The Morgan fingerprint density at radius 3 is 2.34 bits per heavy atom. The maximum atomic E-state index is 12.2. The van der Waals surface area contributed by atoms with Crippen LogP contribution in [0.5, 0.6) is 17.5 Å². The van der Waals surface area contributed by atoms with E-state index in [0.29, 0.717) is 23.4 Å². The molecule has 7 nitrogen and oxygen atoms in total. The second-order valence-corrected chi connectivity index (χ2v) is 7.54. The zero-order valence-electron chi connectivity index (χ0n) is 17.3. The summed E-state index contributed by atoms with van der Waals surface area (Å²) in [4.78, 5) is 20.5. The van der Waals surface area contributed by atoms with Gasteiger partial charge in [-0.2, -0.15) is 0 Å². The fraction of sp³-hybridized carbons (Fsp3) is 0.500. The van der Waals surface area contributed by atoms with Gasteiger partial charge in [0.2, 0.25) is 0 Å². The molecule has 1 aromatic carbocycles. The fourth-order valence-electron chi connectivity index (χ4n) is 3.38. The van der Waals surface area contributed by atoms with Crippen LogP contribution in [0.1, 0.15) is 51.0 Å². The lowest BCUT2D eigenvalue weighted by molar-refractivity contribution is -0.124. The Labute approximate surface area is 171 Å². The molecule has 1 N–H and O–H groups in total. The molecule has 0 saturated heterocycles. The van der Waals surface area contributed by atoms with Gasteiger partial charge in [0, 0.05) is 18.4 Å². The van der Waals surface area contributed by atoms with E-state index in [1.165, 1.54) is 5.56 Å². The van der Waals surface area contributed by atoms with Gasteiger partial charge in [0.25, 0.3) is 17.7 Å². The maximum absolute atomic E-state index is 12.2. The molecule has 29 heavy (non-hydrogen) atoms. The van der Waals surface area contributed by atoms with Crippen molar-refractivity contribution in [2.75, 3.05) is 13.7 Å². The average molecular weight is 399 g/mol. The van der Waals surface area contributed by atoms with Crippen molar-refractivity contribution in [1.82, 2.24) is 15.3 Å². The van der Waals surface area contributed by atoms with Gasteiger partial charge in [0.15, 0.2) is 6.61 Å². The predicted octanol–water partition coefficient (Wildman–Crippen LogP) is 3.49. The van der Waals surface area contributed by atoms with Crippen molar-refractivity contribution in [2.24, 2.45) is 0 Å². The Kier molecular flexibility index (Phi) is 7.27. The molecule has 156 valence electrons. The SMILES string of the molecule is COc1nccnc1OC1CCC(NC(=O)COc2ccc(C(C)C)cc2)CC1. The highest BCUT2D eigenvalue weighted by Gasteiger charge is 2.25. The zero-order chi connectivity index (χ0) is 20.6. The number of carbonyl (C=O) groups excluding carboxylic acids is 1. The molecule has 1 aromatic heterocycles. The van der Waals surface area contributed by atoms with Crippen LogP contribution in [0.3, 0.4) is 0 Å². The summed E-state index contributed by atoms with van der Waals surface area (Å²) in [6.45, 7) is 4.31. The van der Waals surface area contributed by atoms with Gasteiger partial charge < -0.3 is 19.5 Å². The Bertz CT molecular complexity index is 787. The molecule has 1 saturated carbocycles. The number of nitrogens with one attached hydrogen (secondary N) is 1. The topological polar surface area (TPSA) is 82.6 Å². The van der Waals surface area contributed by atoms with Crippen LogP contribution in [0.4, 0.5) is 0 Å². The number of amides is 1. The highest BCUT2D eigenvalue weighted by Crippen LogP contribution is 2.27. The molecule has 0 bridgehead atoms. The molecule has 0 spiro atoms. The Balaban J connectivity index is 1.39. The number of nitrogens with zero attached hydrogens (tertiary/aromatic N) is 2. The summed E-state index contributed by atoms with van der Waals surface area (Å²) in [5, 5.41) is 3.05. The van der Waals surface area contributed by atoms with E-state index in [9.17, 15) is 4.79 Å². The van der Waals surface area contributed by atoms with E-state index in [-0.39, 0.29) is 24.7 Å². The van der Waals surface area contributed by atoms with Crippen molar-refractivity contribution < 1.29 is 19.0 Å². The Morgan fingerprint density at radius 1 is 1.07 bits per heavy atom. The van der Waals surface area contributed by atoms with Gasteiger partial charge in [-0.05, 0) is 49.3 Å². The second-order valence-electron chi connectivity index (χ2n) is 7.54. The van der Waals surface area contributed by atoms with E-state index in [1.807, 2.05) is 24.3 Å². The number of rotatable bonds is 8. The van der Waals surface area contributed by atoms with Crippen LogP contribution in [-0.4, -0.2) is 41.7 Å². The maximum Gasteiger partial charge on any atom is 0.278 e. The van der Waals surface area contributed by atoms with Gasteiger partial charge in [-0.25, -0.2) is 9.97 Å². The molecule has 1 aliphatic rings. The third kappa shape index (κ3) is 6.07. The van der Waals surface area contributed by atoms with Crippen LogP contribution in [0.15, 0.2) is 36.7 Å². The number of hydrogen-bond donors (Lipinski definition) is 1. The van der Waals surface area contributed by atoms with E-state index < -0.39 is 0 Å². The second kappa shape index (κ2) is 10.1. The molecular formula is C22H29N3O4. The van der Waals surface area contributed by atoms with E-state index in [2.05, 4.69) is 29.1 Å². The minimum atomic E-state index is -0.0992. The Hall–Kier alpha value is -2.83. The van der Waals surface area contributed by atoms with Gasteiger partial charge in [-0.3, -0.25) is 4.79 Å². The average Bonchev–Trinajstić information content (AvgIpc) is 2.74.